The van der Waals surface area contributed by atoms with Crippen LogP contribution < -0.4 is 0 Å². The largest absolute Gasteiger partial charge is 0.461 e. The lowest BCUT2D eigenvalue weighted by Gasteiger charge is -1.95. The summed E-state index contributed by atoms with van der Waals surface area (Å²) in [6.45, 7) is 4.37. The van der Waals surface area contributed by atoms with E-state index in [1.807, 2.05) is 0 Å². The molecule has 0 aromatic carbocycles. The topological polar surface area (TPSA) is 55.0 Å². The molecule has 0 aliphatic heterocycles. The van der Waals surface area contributed by atoms with Gasteiger partial charge < -0.3 is 4.74 Å². The van der Waals surface area contributed by atoms with Crippen LogP contribution in [0.15, 0.2) is 6.07 Å². The van der Waals surface area contributed by atoms with Gasteiger partial charge in [-0.3, -0.25) is 5.10 Å². The molecule has 76 valence electrons. The molecule has 14 heavy (non-hydrogen) atoms. The third-order valence-corrected chi connectivity index (χ3v) is 2.59. The number of nitrogens with zero attached hydrogens (tertiary/aromatic N) is 1. The van der Waals surface area contributed by atoms with E-state index in [-0.39, 0.29) is 5.97 Å². The lowest BCUT2D eigenvalue weighted by atomic mass is 10.2. The molecule has 1 fully saturated rings. The van der Waals surface area contributed by atoms with Crippen molar-refractivity contribution in [2.75, 3.05) is 6.61 Å². The van der Waals surface area contributed by atoms with Gasteiger partial charge in [-0.25, -0.2) is 4.79 Å². The highest BCUT2D eigenvalue weighted by molar-refractivity contribution is 5.87. The van der Waals surface area contributed by atoms with Crippen LogP contribution in [-0.2, 0) is 4.74 Å². The molecule has 1 aromatic rings. The number of carbonyl (C=O) groups is 1. The summed E-state index contributed by atoms with van der Waals surface area (Å²) in [5.41, 5.74) is 1.45. The number of esters is 1. The van der Waals surface area contributed by atoms with Crippen molar-refractivity contribution in [2.24, 2.45) is 5.92 Å². The number of aromatic nitrogens is 2. The minimum absolute atomic E-state index is 0.344. The van der Waals surface area contributed by atoms with E-state index in [9.17, 15) is 4.79 Å². The van der Waals surface area contributed by atoms with Gasteiger partial charge in [-0.2, -0.15) is 5.10 Å². The zero-order chi connectivity index (χ0) is 10.1. The first-order valence-electron chi connectivity index (χ1n) is 4.94. The van der Waals surface area contributed by atoms with Gasteiger partial charge in [-0.05, 0) is 25.3 Å². The molecule has 4 nitrogen and oxygen atoms in total. The molecule has 1 aliphatic rings. The van der Waals surface area contributed by atoms with Crippen LogP contribution in [-0.4, -0.2) is 22.8 Å². The van der Waals surface area contributed by atoms with E-state index in [4.69, 9.17) is 4.74 Å². The lowest BCUT2D eigenvalue weighted by Crippen LogP contribution is -2.04. The van der Waals surface area contributed by atoms with E-state index in [0.717, 1.165) is 5.69 Å². The quantitative estimate of drug-likeness (QED) is 0.745. The average molecular weight is 194 g/mol. The van der Waals surface area contributed by atoms with E-state index in [1.165, 1.54) is 6.42 Å². The van der Waals surface area contributed by atoms with Crippen LogP contribution in [0.4, 0.5) is 0 Å². The molecule has 0 bridgehead atoms. The normalized spacial score (nSPS) is 24.7. The van der Waals surface area contributed by atoms with Crippen LogP contribution in [0.1, 0.15) is 42.4 Å². The molecule has 2 atom stereocenters. The zero-order valence-corrected chi connectivity index (χ0v) is 8.41. The monoisotopic (exact) mass is 194 g/mol. The first kappa shape index (κ1) is 9.24. The Morgan fingerprint density at radius 1 is 1.79 bits per heavy atom. The number of ether oxygens (including phenoxy) is 1. The third-order valence-electron chi connectivity index (χ3n) is 2.59. The van der Waals surface area contributed by atoms with Crippen LogP contribution in [0, 0.1) is 5.92 Å². The maximum Gasteiger partial charge on any atom is 0.358 e. The van der Waals surface area contributed by atoms with Gasteiger partial charge in [0.1, 0.15) is 0 Å². The van der Waals surface area contributed by atoms with Gasteiger partial charge in [0.25, 0.3) is 0 Å². The molecular formula is C10H14N2O2. The molecule has 2 rings (SSSR count). The van der Waals surface area contributed by atoms with Gasteiger partial charge in [-0.1, -0.05) is 6.92 Å². The maximum absolute atomic E-state index is 11.3. The van der Waals surface area contributed by atoms with Crippen molar-refractivity contribution in [1.29, 1.82) is 0 Å². The molecule has 1 aliphatic carbocycles. The fourth-order valence-electron chi connectivity index (χ4n) is 1.59. The van der Waals surface area contributed by atoms with Crippen molar-refractivity contribution in [3.05, 3.63) is 17.5 Å². The van der Waals surface area contributed by atoms with Gasteiger partial charge in [0.2, 0.25) is 0 Å². The predicted molar refractivity (Wildman–Crippen MR) is 51.1 cm³/mol. The summed E-state index contributed by atoms with van der Waals surface area (Å²) in [6.07, 6.45) is 1.18. The third kappa shape index (κ3) is 1.64. The van der Waals surface area contributed by atoms with Crippen molar-refractivity contribution in [2.45, 2.75) is 26.2 Å². The highest BCUT2D eigenvalue weighted by Crippen LogP contribution is 2.46. The maximum atomic E-state index is 11.3. The van der Waals surface area contributed by atoms with Gasteiger partial charge >= 0.3 is 5.97 Å². The number of aromatic amines is 1. The summed E-state index contributed by atoms with van der Waals surface area (Å²) >= 11 is 0. The Morgan fingerprint density at radius 3 is 3.07 bits per heavy atom. The molecule has 1 heterocycles. The molecule has 0 amide bonds. The van der Waals surface area contributed by atoms with Crippen LogP contribution in [0.25, 0.3) is 0 Å². The van der Waals surface area contributed by atoms with E-state index < -0.39 is 0 Å². The number of hydrogen-bond donors (Lipinski definition) is 1. The predicted octanol–water partition coefficient (Wildman–Crippen LogP) is 1.71. The summed E-state index contributed by atoms with van der Waals surface area (Å²) in [6, 6.07) is 1.80. The molecular weight excluding hydrogens is 180 g/mol. The summed E-state index contributed by atoms with van der Waals surface area (Å²) in [4.78, 5) is 11.3. The Labute approximate surface area is 82.7 Å². The second-order valence-electron chi connectivity index (χ2n) is 3.75. The lowest BCUT2D eigenvalue weighted by molar-refractivity contribution is 0.0519. The second kappa shape index (κ2) is 3.44. The van der Waals surface area contributed by atoms with Crippen molar-refractivity contribution in [1.82, 2.24) is 10.2 Å². The summed E-state index contributed by atoms with van der Waals surface area (Å²) < 4.78 is 4.85. The van der Waals surface area contributed by atoms with Crippen LogP contribution in [0.5, 0.6) is 0 Å². The Bertz CT molecular complexity index is 346. The molecule has 1 aromatic heterocycles. The molecule has 0 radical (unpaired) electrons. The smallest absolute Gasteiger partial charge is 0.358 e. The fraction of sp³-hybridized carbons (Fsp3) is 0.600. The molecule has 0 unspecified atom stereocenters. The second-order valence-corrected chi connectivity index (χ2v) is 3.75. The summed E-state index contributed by atoms with van der Waals surface area (Å²) in [5.74, 6) is 0.930. The summed E-state index contributed by atoms with van der Waals surface area (Å²) in [7, 11) is 0. The molecule has 1 N–H and O–H groups in total. The van der Waals surface area contributed by atoms with Gasteiger partial charge in [0.15, 0.2) is 5.69 Å². The Balaban J connectivity index is 2.06. The number of hydrogen-bond acceptors (Lipinski definition) is 3. The summed E-state index contributed by atoms with van der Waals surface area (Å²) in [5, 5.41) is 6.82. The van der Waals surface area contributed by atoms with Crippen molar-refractivity contribution < 1.29 is 9.53 Å². The number of nitrogens with one attached hydrogen (secondary N) is 1. The Hall–Kier alpha value is -1.32. The van der Waals surface area contributed by atoms with Crippen molar-refractivity contribution >= 4 is 5.97 Å². The number of carbonyl (C=O) groups excluding carboxylic acids is 1. The number of H-pyrrole nitrogens is 1. The van der Waals surface area contributed by atoms with E-state index >= 15 is 0 Å². The van der Waals surface area contributed by atoms with E-state index in [2.05, 4.69) is 17.1 Å². The fourth-order valence-corrected chi connectivity index (χ4v) is 1.59. The Morgan fingerprint density at radius 2 is 2.50 bits per heavy atom. The molecule has 4 heteroatoms. The van der Waals surface area contributed by atoms with Crippen molar-refractivity contribution in [3.63, 3.8) is 0 Å². The highest BCUT2D eigenvalue weighted by Gasteiger charge is 2.35. The van der Waals surface area contributed by atoms with Gasteiger partial charge in [-0.15, -0.1) is 0 Å². The van der Waals surface area contributed by atoms with E-state index in [0.29, 0.717) is 24.1 Å². The first-order chi connectivity index (χ1) is 6.72. The van der Waals surface area contributed by atoms with Gasteiger partial charge in [0, 0.05) is 11.6 Å². The van der Waals surface area contributed by atoms with Crippen LogP contribution >= 0.6 is 0 Å². The minimum atomic E-state index is -0.344. The van der Waals surface area contributed by atoms with Crippen LogP contribution in [0.3, 0.4) is 0 Å². The first-order valence-corrected chi connectivity index (χ1v) is 4.94. The van der Waals surface area contributed by atoms with Crippen molar-refractivity contribution in [3.8, 4) is 0 Å². The SMILES string of the molecule is CCOC(=O)c1cc([C@@H]2C[C@H]2C)[nH]n1. The van der Waals surface area contributed by atoms with E-state index in [1.54, 1.807) is 13.0 Å². The molecule has 1 saturated carbocycles. The standard InChI is InChI=1S/C10H14N2O2/c1-3-14-10(13)9-5-8(11-12-9)7-4-6(7)2/h5-7H,3-4H2,1-2H3,(H,11,12)/t6-,7-/m1/s1. The molecule has 0 saturated heterocycles. The average Bonchev–Trinajstić information content (AvgIpc) is 2.70. The van der Waals surface area contributed by atoms with Crippen LogP contribution in [0.2, 0.25) is 0 Å². The minimum Gasteiger partial charge on any atom is -0.461 e. The number of rotatable bonds is 3. The van der Waals surface area contributed by atoms with Gasteiger partial charge in [0.05, 0.1) is 6.61 Å². The zero-order valence-electron chi connectivity index (χ0n) is 8.41. The Kier molecular flexibility index (Phi) is 2.27. The molecule has 0 spiro atoms. The highest BCUT2D eigenvalue weighted by atomic mass is 16.5.